The summed E-state index contributed by atoms with van der Waals surface area (Å²) < 4.78 is 49.6. The first kappa shape index (κ1) is 47.3. The van der Waals surface area contributed by atoms with E-state index in [2.05, 4.69) is 106 Å². The number of nitriles is 1. The van der Waals surface area contributed by atoms with E-state index in [1.807, 2.05) is 0 Å². The first-order chi connectivity index (χ1) is 17.7. The van der Waals surface area contributed by atoms with Gasteiger partial charge in [0, 0.05) is 27.3 Å². The smallest absolute Gasteiger partial charge is 0 e. The van der Waals surface area contributed by atoms with Crippen molar-refractivity contribution in [3.63, 3.8) is 0 Å². The Morgan fingerprint density at radius 3 is 0.952 bits per heavy atom. The van der Waals surface area contributed by atoms with E-state index in [0.717, 1.165) is 22.8 Å². The molecule has 0 saturated heterocycles. The number of hydrogen-bond donors (Lipinski definition) is 0. The Labute approximate surface area is 268 Å². The van der Waals surface area contributed by atoms with Gasteiger partial charge in [-0.15, -0.1) is 0 Å². The van der Waals surface area contributed by atoms with Crippen LogP contribution >= 0.6 is 0 Å². The predicted molar refractivity (Wildman–Crippen MR) is 164 cm³/mol. The Kier molecular flexibility index (Phi) is 22.9. The molecule has 0 aliphatic carbocycles. The third-order valence-corrected chi connectivity index (χ3v) is 5.77. The van der Waals surface area contributed by atoms with Crippen LogP contribution in [-0.2, 0) is 20.4 Å². The second kappa shape index (κ2) is 20.3. The molecule has 0 atom stereocenters. The zero-order chi connectivity index (χ0) is 30.7. The number of aliphatic imine (C=N–C) groups is 2. The number of para-hydroxylation sites is 2. The van der Waals surface area contributed by atoms with E-state index < -0.39 is 20.3 Å². The van der Waals surface area contributed by atoms with E-state index in [0.29, 0.717) is 23.7 Å². The summed E-state index contributed by atoms with van der Waals surface area (Å²) in [7, 11) is 0. The maximum atomic E-state index is 9.91. The molecule has 0 spiro atoms. The molecule has 0 aliphatic rings. The van der Waals surface area contributed by atoms with Crippen LogP contribution in [0.15, 0.2) is 46.4 Å². The molecule has 0 saturated carbocycles. The number of halogens is 6. The largest absolute Gasteiger partial charge is 0 e. The van der Waals surface area contributed by atoms with Crippen LogP contribution in [0, 0.1) is 18.8 Å². The third-order valence-electron chi connectivity index (χ3n) is 5.77. The van der Waals surface area contributed by atoms with Crippen molar-refractivity contribution in [1.82, 2.24) is 0 Å². The summed E-state index contributed by atoms with van der Waals surface area (Å²) in [6.45, 7) is 23.5. The van der Waals surface area contributed by atoms with Crippen LogP contribution < -0.4 is 4.70 Å². The number of hydrogen-bond acceptors (Lipinski definition) is 3. The van der Waals surface area contributed by atoms with E-state index >= 15 is 0 Å². The summed E-state index contributed by atoms with van der Waals surface area (Å²) in [5.41, 5.74) is 9.43. The van der Waals surface area contributed by atoms with Gasteiger partial charge in [0.2, 0.25) is 0 Å². The van der Waals surface area contributed by atoms with Crippen molar-refractivity contribution in [3.8, 4) is 6.07 Å². The Morgan fingerprint density at radius 2 is 0.810 bits per heavy atom. The van der Waals surface area contributed by atoms with Crippen LogP contribution in [0.5, 0.6) is 0 Å². The molecule has 11 heteroatoms. The van der Waals surface area contributed by atoms with Crippen LogP contribution in [0.25, 0.3) is 0 Å². The quantitative estimate of drug-likeness (QED) is 0.120. The predicted octanol–water partition coefficient (Wildman–Crippen LogP) is 8.77. The normalized spacial score (nSPS) is 12.4. The van der Waals surface area contributed by atoms with Crippen molar-refractivity contribution < 1.29 is 39.2 Å². The van der Waals surface area contributed by atoms with E-state index in [4.69, 9.17) is 15.2 Å². The molecule has 3 nitrogen and oxygen atoms in total. The van der Waals surface area contributed by atoms with Crippen molar-refractivity contribution in [2.75, 3.05) is 0 Å². The Morgan fingerprint density at radius 1 is 0.643 bits per heavy atom. The van der Waals surface area contributed by atoms with Crippen molar-refractivity contribution >= 4 is 43.1 Å². The number of rotatable bonds is 7. The fourth-order valence-corrected chi connectivity index (χ4v) is 3.78. The third kappa shape index (κ3) is 18.1. The van der Waals surface area contributed by atoms with E-state index in [-0.39, 0.29) is 32.6 Å². The molecule has 0 unspecified atom stereocenters. The molecule has 2 rings (SSSR count). The summed E-state index contributed by atoms with van der Waals surface area (Å²) in [4.78, 5) is 10.3. The minimum absolute atomic E-state index is 0. The van der Waals surface area contributed by atoms with Crippen molar-refractivity contribution in [2.45, 2.75) is 99.8 Å². The molecule has 2 aromatic rings. The molecular weight excluding hydrogens is 757 g/mol. The fourth-order valence-electron chi connectivity index (χ4n) is 3.78. The van der Waals surface area contributed by atoms with E-state index in [1.54, 1.807) is 6.07 Å². The molecule has 0 aliphatic heterocycles. The van der Waals surface area contributed by atoms with Gasteiger partial charge in [0.25, 0.3) is 0 Å². The molecular formula is C31H46F6N3PdSb-2. The summed E-state index contributed by atoms with van der Waals surface area (Å²) in [6, 6.07) is 14.9. The van der Waals surface area contributed by atoms with Crippen molar-refractivity contribution in [2.24, 2.45) is 9.98 Å². The van der Waals surface area contributed by atoms with Crippen LogP contribution in [0.2, 0.25) is 0 Å². The summed E-state index contributed by atoms with van der Waals surface area (Å²) in [5, 5.41) is 7.32. The average Bonchev–Trinajstić information content (AvgIpc) is 2.77. The summed E-state index contributed by atoms with van der Waals surface area (Å²) >= 11 is -9.19. The van der Waals surface area contributed by atoms with Crippen LogP contribution in [0.4, 0.5) is 25.4 Å². The molecule has 244 valence electrons. The van der Waals surface area contributed by atoms with Crippen LogP contribution in [0.3, 0.4) is 0 Å². The van der Waals surface area contributed by atoms with Gasteiger partial charge in [-0.25, -0.2) is 0 Å². The molecule has 0 heterocycles. The van der Waals surface area contributed by atoms with E-state index in [1.165, 1.54) is 29.2 Å². The van der Waals surface area contributed by atoms with Gasteiger partial charge in [0.05, 0.1) is 28.9 Å². The topological polar surface area (TPSA) is 48.5 Å². The van der Waals surface area contributed by atoms with Crippen molar-refractivity contribution in [1.29, 1.82) is 5.26 Å². The van der Waals surface area contributed by atoms with Gasteiger partial charge >= 0.3 is 34.4 Å². The van der Waals surface area contributed by atoms with Gasteiger partial charge in [0.1, 0.15) is 0 Å². The maximum Gasteiger partial charge on any atom is 0 e. The monoisotopic (exact) mass is 801 g/mol. The van der Waals surface area contributed by atoms with Crippen LogP contribution in [-0.4, -0.2) is 31.7 Å². The molecule has 0 amide bonds. The van der Waals surface area contributed by atoms with E-state index in [9.17, 15) is 14.1 Å². The van der Waals surface area contributed by atoms with Crippen molar-refractivity contribution in [3.05, 3.63) is 66.1 Å². The van der Waals surface area contributed by atoms with Gasteiger partial charge < -0.3 is 12.1 Å². The zero-order valence-corrected chi connectivity index (χ0v) is 30.8. The summed E-state index contributed by atoms with van der Waals surface area (Å²) in [6.07, 6.45) is 0. The van der Waals surface area contributed by atoms with Gasteiger partial charge in [-0.2, -0.15) is 5.26 Å². The van der Waals surface area contributed by atoms with Gasteiger partial charge in [0.15, 0.2) is 0 Å². The number of benzene rings is 2. The Bertz CT molecular complexity index is 1050. The molecule has 42 heavy (non-hydrogen) atoms. The fraction of sp³-hybridized carbons (Fsp3) is 0.484. The molecule has 0 bridgehead atoms. The zero-order valence-electron chi connectivity index (χ0n) is 26.6. The molecule has 0 radical (unpaired) electrons. The standard InChI is InChI=1S/C28H40N2.C2H3N.CH3.6FH.Pd.Sb/c1-17(2)23-13-11-14-24(18(3)4)27(23)29-21(9)22(10)30-28-25(19(5)6)15-12-16-26(28)20(7)8;1-2-3;;;;;;;;;/h11-20H,1-10H3;1H3;1H3;6*1H;;/q;;-1;;;;;;;;+5/p-6. The minimum Gasteiger partial charge on any atom is 0 e. The van der Waals surface area contributed by atoms with Crippen LogP contribution in [0.1, 0.15) is 122 Å². The second-order valence-corrected chi connectivity index (χ2v) is 14.1. The molecule has 2 aromatic carbocycles. The average molecular weight is 803 g/mol. The van der Waals surface area contributed by atoms with Gasteiger partial charge in [-0.05, 0) is 59.8 Å². The first-order valence-corrected chi connectivity index (χ1v) is 17.8. The molecule has 0 aromatic heterocycles. The second-order valence-electron chi connectivity index (χ2n) is 10.4. The first-order valence-electron chi connectivity index (χ1n) is 13.0. The maximum absolute atomic E-state index is 9.91. The Balaban J connectivity index is -0.000000527. The minimum atomic E-state index is -9.19. The van der Waals surface area contributed by atoms with Gasteiger partial charge in [-0.3, -0.25) is 9.98 Å². The molecule has 0 fully saturated rings. The SMILES string of the molecule is CC#N.CC(=Nc1c(C(C)C)cccc1C(C)C)C(C)=Nc1c(C(C)C)cccc1C(C)C.[CH3-].[F-].[F][Sb]([F])([F])([F])[F].[Pd]. The summed E-state index contributed by atoms with van der Waals surface area (Å²) in [5.74, 6) is 1.73. The number of nitrogens with zero attached hydrogens (tertiary/aromatic N) is 3. The van der Waals surface area contributed by atoms with Gasteiger partial charge in [-0.1, -0.05) is 91.8 Å². The Hall–Kier alpha value is -1.67. The molecule has 0 N–H and O–H groups in total.